The SMILES string of the molecule is C=CCOC(=O)c1sc(N2C(=O)C(=O)C(=C(O)c3ccc(C)cc3)C2c2cccc(OCCCCC)c2)nc1C. The van der Waals surface area contributed by atoms with E-state index in [1.165, 1.54) is 11.0 Å². The van der Waals surface area contributed by atoms with E-state index in [-0.39, 0.29) is 27.9 Å². The van der Waals surface area contributed by atoms with E-state index >= 15 is 0 Å². The summed E-state index contributed by atoms with van der Waals surface area (Å²) in [6.45, 7) is 9.76. The van der Waals surface area contributed by atoms with E-state index in [0.717, 1.165) is 36.2 Å². The number of aliphatic hydroxyl groups is 1. The Morgan fingerprint density at radius 3 is 2.60 bits per heavy atom. The standard InChI is InChI=1S/C31H32N2O6S/c1-5-7-8-17-38-23-11-9-10-22(18-23)25-24(26(34)21-14-12-19(3)13-15-21)27(35)29(36)33(25)31-32-20(4)28(40-31)30(37)39-16-6-2/h6,9-15,18,25,34H,2,5,7-8,16-17H2,1,3-4H3. The Bertz CT molecular complexity index is 1460. The van der Waals surface area contributed by atoms with E-state index in [0.29, 0.717) is 29.2 Å². The van der Waals surface area contributed by atoms with E-state index in [4.69, 9.17) is 9.47 Å². The number of carbonyl (C=O) groups excluding carboxylic acids is 3. The largest absolute Gasteiger partial charge is 0.507 e. The number of aliphatic hydroxyl groups excluding tert-OH is 1. The number of carbonyl (C=O) groups is 3. The Morgan fingerprint density at radius 2 is 1.90 bits per heavy atom. The third-order valence-corrected chi connectivity index (χ3v) is 7.61. The van der Waals surface area contributed by atoms with Crippen LogP contribution in [0.4, 0.5) is 5.13 Å². The molecule has 1 aromatic heterocycles. The van der Waals surface area contributed by atoms with Crippen LogP contribution in [0.3, 0.4) is 0 Å². The van der Waals surface area contributed by atoms with Gasteiger partial charge in [0.1, 0.15) is 23.0 Å². The minimum atomic E-state index is -0.997. The van der Waals surface area contributed by atoms with Crippen LogP contribution in [0.15, 0.2) is 66.8 Å². The van der Waals surface area contributed by atoms with Crippen molar-refractivity contribution in [3.8, 4) is 5.75 Å². The van der Waals surface area contributed by atoms with Gasteiger partial charge >= 0.3 is 11.9 Å². The van der Waals surface area contributed by atoms with Gasteiger partial charge in [-0.3, -0.25) is 14.5 Å². The van der Waals surface area contributed by atoms with Crippen molar-refractivity contribution in [2.75, 3.05) is 18.1 Å². The maximum atomic E-state index is 13.5. The van der Waals surface area contributed by atoms with E-state index in [1.807, 2.05) is 25.1 Å². The van der Waals surface area contributed by atoms with Gasteiger partial charge in [0.15, 0.2) is 5.13 Å². The second-order valence-corrected chi connectivity index (χ2v) is 10.4. The van der Waals surface area contributed by atoms with Crippen LogP contribution < -0.4 is 9.64 Å². The van der Waals surface area contributed by atoms with Gasteiger partial charge in [-0.05, 0) is 38.0 Å². The van der Waals surface area contributed by atoms with Gasteiger partial charge in [0.2, 0.25) is 0 Å². The van der Waals surface area contributed by atoms with Crippen molar-refractivity contribution in [1.29, 1.82) is 0 Å². The molecule has 2 aromatic carbocycles. The van der Waals surface area contributed by atoms with Gasteiger partial charge in [0.05, 0.1) is 23.9 Å². The van der Waals surface area contributed by atoms with Gasteiger partial charge in [0, 0.05) is 5.56 Å². The summed E-state index contributed by atoms with van der Waals surface area (Å²) < 4.78 is 11.1. The molecule has 1 fully saturated rings. The second-order valence-electron chi connectivity index (χ2n) is 9.46. The first-order valence-electron chi connectivity index (χ1n) is 13.1. The lowest BCUT2D eigenvalue weighted by atomic mass is 9.95. The summed E-state index contributed by atoms with van der Waals surface area (Å²) in [6, 6.07) is 13.1. The molecule has 208 valence electrons. The van der Waals surface area contributed by atoms with Crippen LogP contribution in [-0.4, -0.2) is 41.0 Å². The van der Waals surface area contributed by atoms with Gasteiger partial charge in [-0.1, -0.05) is 85.7 Å². The molecule has 1 N–H and O–H groups in total. The first kappa shape index (κ1) is 28.8. The Balaban J connectivity index is 1.83. The number of benzene rings is 2. The number of thiazole rings is 1. The molecule has 3 aromatic rings. The fourth-order valence-electron chi connectivity index (χ4n) is 4.40. The topological polar surface area (TPSA) is 106 Å². The predicted molar refractivity (Wildman–Crippen MR) is 155 cm³/mol. The Labute approximate surface area is 237 Å². The van der Waals surface area contributed by atoms with Gasteiger partial charge in [-0.25, -0.2) is 9.78 Å². The molecule has 40 heavy (non-hydrogen) atoms. The van der Waals surface area contributed by atoms with E-state index in [9.17, 15) is 19.5 Å². The highest BCUT2D eigenvalue weighted by atomic mass is 32.1. The number of rotatable bonds is 11. The number of anilines is 1. The summed E-state index contributed by atoms with van der Waals surface area (Å²) >= 11 is 0.952. The van der Waals surface area contributed by atoms with Gasteiger partial charge < -0.3 is 14.6 Å². The molecule has 4 rings (SSSR count). The molecule has 1 atom stereocenters. The van der Waals surface area contributed by atoms with E-state index in [2.05, 4.69) is 18.5 Å². The van der Waals surface area contributed by atoms with Crippen LogP contribution in [0.1, 0.15) is 64.3 Å². The molecule has 2 heterocycles. The fourth-order valence-corrected chi connectivity index (χ4v) is 5.39. The molecule has 1 saturated heterocycles. The summed E-state index contributed by atoms with van der Waals surface area (Å²) in [5, 5.41) is 11.5. The molecule has 1 unspecified atom stereocenters. The first-order chi connectivity index (χ1) is 19.3. The van der Waals surface area contributed by atoms with Crippen LogP contribution in [0.25, 0.3) is 5.76 Å². The predicted octanol–water partition coefficient (Wildman–Crippen LogP) is 6.30. The smallest absolute Gasteiger partial charge is 0.350 e. The molecule has 8 nitrogen and oxygen atoms in total. The number of amides is 1. The van der Waals surface area contributed by atoms with Gasteiger partial charge in [0.25, 0.3) is 5.78 Å². The number of aryl methyl sites for hydroxylation is 2. The van der Waals surface area contributed by atoms with Crippen LogP contribution in [0.5, 0.6) is 5.75 Å². The minimum absolute atomic E-state index is 0.0254. The van der Waals surface area contributed by atoms with Crippen LogP contribution in [0, 0.1) is 13.8 Å². The Hall–Kier alpha value is -4.24. The molecule has 1 amide bonds. The Kier molecular flexibility index (Phi) is 9.16. The number of ketones is 1. The van der Waals surface area contributed by atoms with Gasteiger partial charge in [-0.2, -0.15) is 0 Å². The number of aromatic nitrogens is 1. The lowest BCUT2D eigenvalue weighted by Gasteiger charge is -2.23. The van der Waals surface area contributed by atoms with Crippen molar-refractivity contribution in [1.82, 2.24) is 4.98 Å². The maximum absolute atomic E-state index is 13.5. The summed E-state index contributed by atoms with van der Waals surface area (Å²) in [7, 11) is 0. The van der Waals surface area contributed by atoms with Crippen molar-refractivity contribution in [3.05, 3.63) is 94.0 Å². The van der Waals surface area contributed by atoms with E-state index < -0.39 is 23.7 Å². The van der Waals surface area contributed by atoms with Crippen LogP contribution in [-0.2, 0) is 14.3 Å². The maximum Gasteiger partial charge on any atom is 0.350 e. The molecule has 0 bridgehead atoms. The molecular formula is C31H32N2O6S. The number of ether oxygens (including phenoxy) is 2. The van der Waals surface area contributed by atoms with E-state index in [1.54, 1.807) is 37.3 Å². The summed E-state index contributed by atoms with van der Waals surface area (Å²) in [4.78, 5) is 45.5. The monoisotopic (exact) mass is 560 g/mol. The zero-order chi connectivity index (χ0) is 28.8. The molecule has 0 saturated carbocycles. The summed E-state index contributed by atoms with van der Waals surface area (Å²) in [5.74, 6) is -2.01. The second kappa shape index (κ2) is 12.7. The summed E-state index contributed by atoms with van der Waals surface area (Å²) in [5.41, 5.74) is 2.24. The van der Waals surface area contributed by atoms with Crippen LogP contribution in [0.2, 0.25) is 0 Å². The van der Waals surface area contributed by atoms with Crippen molar-refractivity contribution >= 4 is 39.9 Å². The number of nitrogens with zero attached hydrogens (tertiary/aromatic N) is 2. The van der Waals surface area contributed by atoms with Crippen molar-refractivity contribution < 1.29 is 29.0 Å². The highest BCUT2D eigenvalue weighted by molar-refractivity contribution is 7.17. The number of hydrogen-bond donors (Lipinski definition) is 1. The zero-order valence-corrected chi connectivity index (χ0v) is 23.6. The summed E-state index contributed by atoms with van der Waals surface area (Å²) in [6.07, 6.45) is 4.46. The average molecular weight is 561 g/mol. The molecule has 0 aliphatic carbocycles. The van der Waals surface area contributed by atoms with Crippen molar-refractivity contribution in [2.24, 2.45) is 0 Å². The lowest BCUT2D eigenvalue weighted by Crippen LogP contribution is -2.29. The normalized spacial score (nSPS) is 16.3. The third kappa shape index (κ3) is 5.99. The molecule has 1 aliphatic rings. The highest BCUT2D eigenvalue weighted by Gasteiger charge is 2.48. The minimum Gasteiger partial charge on any atom is -0.507 e. The molecule has 0 spiro atoms. The van der Waals surface area contributed by atoms with Crippen molar-refractivity contribution in [2.45, 2.75) is 46.1 Å². The number of Topliss-reactive ketones (excluding diaryl/α,β-unsaturated/α-hetero) is 1. The quantitative estimate of drug-likeness (QED) is 0.0733. The molecular weight excluding hydrogens is 528 g/mol. The fraction of sp³-hybridized carbons (Fsp3) is 0.290. The lowest BCUT2D eigenvalue weighted by molar-refractivity contribution is -0.132. The number of esters is 1. The first-order valence-corrected chi connectivity index (χ1v) is 13.9. The highest BCUT2D eigenvalue weighted by Crippen LogP contribution is 2.44. The number of hydrogen-bond acceptors (Lipinski definition) is 8. The third-order valence-electron chi connectivity index (χ3n) is 6.47. The molecule has 9 heteroatoms. The number of unbranched alkanes of at least 4 members (excludes halogenated alkanes) is 2. The zero-order valence-electron chi connectivity index (χ0n) is 22.8. The average Bonchev–Trinajstić information content (AvgIpc) is 3.46. The van der Waals surface area contributed by atoms with Crippen LogP contribution >= 0.6 is 11.3 Å². The van der Waals surface area contributed by atoms with Gasteiger partial charge in [-0.15, -0.1) is 0 Å². The van der Waals surface area contributed by atoms with Crippen molar-refractivity contribution in [3.63, 3.8) is 0 Å². The Morgan fingerprint density at radius 1 is 1.15 bits per heavy atom. The molecule has 0 radical (unpaired) electrons. The molecule has 1 aliphatic heterocycles.